The number of anilines is 2. The smallest absolute Gasteiger partial charge is 0.407 e. The Hall–Kier alpha value is -5.10. The Morgan fingerprint density at radius 1 is 0.978 bits per heavy atom. The number of ether oxygens (including phenoxy) is 2. The maximum Gasteiger partial charge on any atom is 0.407 e. The molecule has 1 N–H and O–H groups in total. The lowest BCUT2D eigenvalue weighted by molar-refractivity contribution is -0.144. The van der Waals surface area contributed by atoms with Gasteiger partial charge in [0.15, 0.2) is 0 Å². The van der Waals surface area contributed by atoms with E-state index in [-0.39, 0.29) is 18.9 Å². The summed E-state index contributed by atoms with van der Waals surface area (Å²) in [5, 5.41) is 2.72. The van der Waals surface area contributed by atoms with E-state index in [2.05, 4.69) is 17.2 Å². The molecule has 1 heterocycles. The Kier molecular flexibility index (Phi) is 11.2. The van der Waals surface area contributed by atoms with Gasteiger partial charge in [-0.15, -0.1) is 0 Å². The summed E-state index contributed by atoms with van der Waals surface area (Å²) >= 11 is 0. The SMILES string of the molecule is CCOC(=O)CC(C)N1C(=O)c2cc(C#CCCCNC(=O)OC(C)(C)C)ccc2N(c2ccccc2)C(=O)C1c1ccccc1. The first-order valence-corrected chi connectivity index (χ1v) is 15.5. The Morgan fingerprint density at radius 2 is 1.65 bits per heavy atom. The molecule has 0 bridgehead atoms. The van der Waals surface area contributed by atoms with Crippen molar-refractivity contribution in [2.24, 2.45) is 0 Å². The van der Waals surface area contributed by atoms with E-state index in [1.165, 1.54) is 4.90 Å². The largest absolute Gasteiger partial charge is 0.466 e. The highest BCUT2D eigenvalue weighted by Crippen LogP contribution is 2.40. The van der Waals surface area contributed by atoms with Crippen molar-refractivity contribution in [2.75, 3.05) is 18.1 Å². The molecule has 240 valence electrons. The Labute approximate surface area is 270 Å². The van der Waals surface area contributed by atoms with Crippen LogP contribution >= 0.6 is 0 Å². The summed E-state index contributed by atoms with van der Waals surface area (Å²) in [6.45, 7) is 9.52. The highest BCUT2D eigenvalue weighted by molar-refractivity contribution is 6.14. The summed E-state index contributed by atoms with van der Waals surface area (Å²) in [7, 11) is 0. The van der Waals surface area contributed by atoms with Crippen LogP contribution in [0.3, 0.4) is 0 Å². The fourth-order valence-corrected chi connectivity index (χ4v) is 5.24. The van der Waals surface area contributed by atoms with Crippen LogP contribution in [0.5, 0.6) is 0 Å². The molecule has 0 fully saturated rings. The summed E-state index contributed by atoms with van der Waals surface area (Å²) < 4.78 is 10.5. The predicted molar refractivity (Wildman–Crippen MR) is 176 cm³/mol. The van der Waals surface area contributed by atoms with Crippen LogP contribution in [-0.2, 0) is 19.1 Å². The van der Waals surface area contributed by atoms with Gasteiger partial charge in [0.1, 0.15) is 11.6 Å². The molecule has 2 atom stereocenters. The fraction of sp³-hybridized carbons (Fsp3) is 0.351. The molecule has 0 aromatic heterocycles. The van der Waals surface area contributed by atoms with E-state index in [4.69, 9.17) is 9.47 Å². The van der Waals surface area contributed by atoms with Gasteiger partial charge in [0.2, 0.25) is 0 Å². The molecule has 9 heteroatoms. The Balaban J connectivity index is 1.70. The van der Waals surface area contributed by atoms with E-state index in [1.807, 2.05) is 60.7 Å². The minimum atomic E-state index is -1.00. The number of carbonyl (C=O) groups excluding carboxylic acids is 4. The van der Waals surface area contributed by atoms with Gasteiger partial charge < -0.3 is 19.7 Å². The molecule has 0 spiro atoms. The Morgan fingerprint density at radius 3 is 2.30 bits per heavy atom. The molecule has 46 heavy (non-hydrogen) atoms. The third kappa shape index (κ3) is 8.54. The van der Waals surface area contributed by atoms with Crippen molar-refractivity contribution in [2.45, 2.75) is 71.6 Å². The number of nitrogens with one attached hydrogen (secondary N) is 1. The highest BCUT2D eigenvalue weighted by Gasteiger charge is 2.43. The van der Waals surface area contributed by atoms with Crippen LogP contribution in [-0.4, -0.2) is 53.6 Å². The van der Waals surface area contributed by atoms with E-state index in [0.29, 0.717) is 47.5 Å². The van der Waals surface area contributed by atoms with Crippen LogP contribution in [0.2, 0.25) is 0 Å². The molecule has 0 aliphatic carbocycles. The number of alkyl carbamates (subject to hydrolysis) is 1. The van der Waals surface area contributed by atoms with Gasteiger partial charge in [0.25, 0.3) is 11.8 Å². The maximum atomic E-state index is 14.6. The van der Waals surface area contributed by atoms with Crippen LogP contribution in [0, 0.1) is 11.8 Å². The van der Waals surface area contributed by atoms with Crippen LogP contribution in [0.15, 0.2) is 78.9 Å². The molecule has 3 aromatic rings. The van der Waals surface area contributed by atoms with Gasteiger partial charge in [0.05, 0.1) is 24.3 Å². The second-order valence-corrected chi connectivity index (χ2v) is 12.0. The number of fused-ring (bicyclic) bond motifs is 1. The summed E-state index contributed by atoms with van der Waals surface area (Å²) in [5.41, 5.74) is 2.00. The van der Waals surface area contributed by atoms with Crippen LogP contribution < -0.4 is 10.2 Å². The van der Waals surface area contributed by atoms with Crippen molar-refractivity contribution in [1.29, 1.82) is 0 Å². The molecule has 0 radical (unpaired) electrons. The van der Waals surface area contributed by atoms with E-state index < -0.39 is 35.7 Å². The van der Waals surface area contributed by atoms with Crippen molar-refractivity contribution in [3.63, 3.8) is 0 Å². The number of unbranched alkanes of at least 4 members (excludes halogenated alkanes) is 1. The first-order valence-electron chi connectivity index (χ1n) is 15.5. The maximum absolute atomic E-state index is 14.6. The van der Waals surface area contributed by atoms with Crippen LogP contribution in [0.1, 0.15) is 81.4 Å². The normalized spacial score (nSPS) is 15.2. The lowest BCUT2D eigenvalue weighted by Gasteiger charge is -2.35. The average molecular weight is 624 g/mol. The number of hydrogen-bond acceptors (Lipinski definition) is 6. The van der Waals surface area contributed by atoms with Gasteiger partial charge in [0, 0.05) is 30.3 Å². The molecule has 2 unspecified atom stereocenters. The van der Waals surface area contributed by atoms with Gasteiger partial charge in [-0.05, 0) is 76.9 Å². The minimum Gasteiger partial charge on any atom is -0.466 e. The van der Waals surface area contributed by atoms with E-state index in [1.54, 1.807) is 57.7 Å². The molecule has 0 saturated carbocycles. The fourth-order valence-electron chi connectivity index (χ4n) is 5.24. The molecule has 3 aromatic carbocycles. The number of esters is 1. The second kappa shape index (κ2) is 15.3. The van der Waals surface area contributed by atoms with Crippen molar-refractivity contribution in [3.05, 3.63) is 95.6 Å². The molecule has 1 aliphatic rings. The van der Waals surface area contributed by atoms with Crippen molar-refractivity contribution < 1.29 is 28.7 Å². The number of para-hydroxylation sites is 1. The molecule has 0 saturated heterocycles. The van der Waals surface area contributed by atoms with Crippen LogP contribution in [0.4, 0.5) is 16.2 Å². The quantitative estimate of drug-likeness (QED) is 0.165. The number of benzene rings is 3. The summed E-state index contributed by atoms with van der Waals surface area (Å²) in [4.78, 5) is 56.7. The lowest BCUT2D eigenvalue weighted by atomic mass is 10.0. The number of carbonyl (C=O) groups is 4. The van der Waals surface area contributed by atoms with Crippen molar-refractivity contribution >= 4 is 35.3 Å². The number of hydrogen-bond donors (Lipinski definition) is 1. The highest BCUT2D eigenvalue weighted by atomic mass is 16.6. The number of amides is 3. The van der Waals surface area contributed by atoms with E-state index >= 15 is 0 Å². The summed E-state index contributed by atoms with van der Waals surface area (Å²) in [6, 6.07) is 21.9. The standard InChI is InChI=1S/C37H41N3O6/c1-6-45-32(41)24-26(2)39-33(28-17-11-7-12-18-28)35(43)40(29-19-13-8-14-20-29)31-22-21-27(25-30(31)34(39)42)16-10-9-15-23-38-36(44)46-37(3,4)5/h7-8,11-14,17-22,25-26,33H,6,9,15,23-24H2,1-5H3,(H,38,44). The van der Waals surface area contributed by atoms with Crippen molar-refractivity contribution in [3.8, 4) is 11.8 Å². The number of rotatable bonds is 9. The van der Waals surface area contributed by atoms with Gasteiger partial charge in [-0.3, -0.25) is 19.3 Å². The molecular formula is C37H41N3O6. The predicted octanol–water partition coefficient (Wildman–Crippen LogP) is 6.55. The summed E-state index contributed by atoms with van der Waals surface area (Å²) in [5.74, 6) is 5.07. The third-order valence-electron chi connectivity index (χ3n) is 7.19. The van der Waals surface area contributed by atoms with Gasteiger partial charge in [-0.25, -0.2) is 4.79 Å². The molecule has 3 amide bonds. The topological polar surface area (TPSA) is 105 Å². The van der Waals surface area contributed by atoms with Crippen LogP contribution in [0.25, 0.3) is 0 Å². The molecule has 9 nitrogen and oxygen atoms in total. The summed E-state index contributed by atoms with van der Waals surface area (Å²) in [6.07, 6.45) is 0.574. The first kappa shape index (κ1) is 33.8. The second-order valence-electron chi connectivity index (χ2n) is 12.0. The Bertz CT molecular complexity index is 1600. The van der Waals surface area contributed by atoms with Gasteiger partial charge in [-0.1, -0.05) is 60.4 Å². The number of nitrogens with zero attached hydrogens (tertiary/aromatic N) is 2. The monoisotopic (exact) mass is 623 g/mol. The van der Waals surface area contributed by atoms with Gasteiger partial charge in [-0.2, -0.15) is 0 Å². The van der Waals surface area contributed by atoms with E-state index in [9.17, 15) is 19.2 Å². The molecule has 4 rings (SSSR count). The lowest BCUT2D eigenvalue weighted by Crippen LogP contribution is -2.46. The van der Waals surface area contributed by atoms with E-state index in [0.717, 1.165) is 0 Å². The molecule has 1 aliphatic heterocycles. The first-order chi connectivity index (χ1) is 22.0. The zero-order valence-corrected chi connectivity index (χ0v) is 27.0. The van der Waals surface area contributed by atoms with Crippen molar-refractivity contribution in [1.82, 2.24) is 10.2 Å². The zero-order valence-electron chi connectivity index (χ0n) is 27.0. The average Bonchev–Trinajstić information content (AvgIpc) is 3.10. The van der Waals surface area contributed by atoms with Gasteiger partial charge >= 0.3 is 12.1 Å². The molecular weight excluding hydrogens is 582 g/mol. The minimum absolute atomic E-state index is 0.0757. The zero-order chi connectivity index (χ0) is 33.3. The third-order valence-corrected chi connectivity index (χ3v) is 7.19.